The van der Waals surface area contributed by atoms with Gasteiger partial charge >= 0.3 is 0 Å². The van der Waals surface area contributed by atoms with Gasteiger partial charge in [0.1, 0.15) is 0 Å². The molecule has 0 saturated carbocycles. The summed E-state index contributed by atoms with van der Waals surface area (Å²) in [7, 11) is -1.66. The van der Waals surface area contributed by atoms with Gasteiger partial charge in [0.25, 0.3) is 0 Å². The van der Waals surface area contributed by atoms with Crippen LogP contribution >= 0.6 is 0 Å². The van der Waals surface area contributed by atoms with Crippen molar-refractivity contribution >= 4 is 14.1 Å². The van der Waals surface area contributed by atoms with Gasteiger partial charge < -0.3 is 4.43 Å². The van der Waals surface area contributed by atoms with Gasteiger partial charge in [0, 0.05) is 18.6 Å². The van der Waals surface area contributed by atoms with Crippen LogP contribution in [0.3, 0.4) is 0 Å². The molecule has 0 fully saturated rings. The Balaban J connectivity index is 1.91. The summed E-state index contributed by atoms with van der Waals surface area (Å²) in [5, 5.41) is 0.252. The molecule has 0 amide bonds. The lowest BCUT2D eigenvalue weighted by molar-refractivity contribution is 0.0940. The highest BCUT2D eigenvalue weighted by atomic mass is 28.4. The predicted molar refractivity (Wildman–Crippen MR) is 90.3 cm³/mol. The Morgan fingerprint density at radius 1 is 1.19 bits per heavy atom. The number of hydrogen-bond donors (Lipinski definition) is 0. The highest BCUT2D eigenvalue weighted by molar-refractivity contribution is 6.74. The molecule has 1 aliphatic rings. The maximum absolute atomic E-state index is 12.2. The molecule has 1 aromatic rings. The molecular formula is C18H28O2Si. The maximum Gasteiger partial charge on any atom is 0.191 e. The van der Waals surface area contributed by atoms with Crippen molar-refractivity contribution in [2.75, 3.05) is 6.61 Å². The van der Waals surface area contributed by atoms with Crippen molar-refractivity contribution in [3.63, 3.8) is 0 Å². The summed E-state index contributed by atoms with van der Waals surface area (Å²) in [4.78, 5) is 12.2. The monoisotopic (exact) mass is 304 g/mol. The average molecular weight is 305 g/mol. The number of hydrogen-bond acceptors (Lipinski definition) is 2. The zero-order chi connectivity index (χ0) is 15.7. The van der Waals surface area contributed by atoms with Crippen LogP contribution in [0.15, 0.2) is 24.3 Å². The Hall–Kier alpha value is -0.933. The van der Waals surface area contributed by atoms with E-state index < -0.39 is 8.32 Å². The van der Waals surface area contributed by atoms with E-state index in [1.54, 1.807) is 0 Å². The lowest BCUT2D eigenvalue weighted by Crippen LogP contribution is -2.41. The second kappa shape index (κ2) is 6.05. The smallest absolute Gasteiger partial charge is 0.191 e. The minimum Gasteiger partial charge on any atom is -0.417 e. The third kappa shape index (κ3) is 3.83. The summed E-state index contributed by atoms with van der Waals surface area (Å²) < 4.78 is 6.25. The molecule has 0 spiro atoms. The molecule has 1 aliphatic carbocycles. The Labute approximate surface area is 130 Å². The molecule has 21 heavy (non-hydrogen) atoms. The van der Waals surface area contributed by atoms with E-state index >= 15 is 0 Å². The van der Waals surface area contributed by atoms with Gasteiger partial charge in [-0.15, -0.1) is 0 Å². The van der Waals surface area contributed by atoms with Gasteiger partial charge in [-0.25, -0.2) is 0 Å². The number of Topliss-reactive ketones (excluding diaryl/α,β-unsaturated/α-hetero) is 1. The van der Waals surface area contributed by atoms with Crippen molar-refractivity contribution < 1.29 is 9.22 Å². The molecule has 2 rings (SSSR count). The van der Waals surface area contributed by atoms with E-state index in [1.165, 1.54) is 5.56 Å². The molecule has 0 radical (unpaired) electrons. The van der Waals surface area contributed by atoms with Gasteiger partial charge in [0.15, 0.2) is 14.1 Å². The molecule has 1 atom stereocenters. The van der Waals surface area contributed by atoms with E-state index in [1.807, 2.05) is 18.2 Å². The Kier molecular flexibility index (Phi) is 4.74. The summed E-state index contributed by atoms with van der Waals surface area (Å²) in [6.45, 7) is 12.2. The van der Waals surface area contributed by atoms with Crippen LogP contribution in [0.5, 0.6) is 0 Å². The van der Waals surface area contributed by atoms with Crippen molar-refractivity contribution in [3.05, 3.63) is 35.4 Å². The largest absolute Gasteiger partial charge is 0.417 e. The Bertz CT molecular complexity index is 514. The molecule has 0 aliphatic heterocycles. The summed E-state index contributed by atoms with van der Waals surface area (Å²) in [5.74, 6) is 0.742. The number of ketones is 1. The van der Waals surface area contributed by atoms with Crippen LogP contribution in [0.25, 0.3) is 0 Å². The lowest BCUT2D eigenvalue weighted by atomic mass is 9.82. The standard InChI is InChI=1S/C18H28O2Si/c1-18(2,3)21(4,5)20-11-10-14-12-15-8-6-7-9-16(15)17(19)13-14/h6-9,14H,10-13H2,1-5H3. The third-order valence-corrected chi connectivity index (χ3v) is 9.63. The van der Waals surface area contributed by atoms with Crippen LogP contribution in [-0.4, -0.2) is 20.7 Å². The van der Waals surface area contributed by atoms with Crippen molar-refractivity contribution in [1.29, 1.82) is 0 Å². The van der Waals surface area contributed by atoms with Crippen LogP contribution in [0.4, 0.5) is 0 Å². The van der Waals surface area contributed by atoms with E-state index in [2.05, 4.69) is 39.9 Å². The minimum absolute atomic E-state index is 0.252. The fourth-order valence-electron chi connectivity index (χ4n) is 2.63. The van der Waals surface area contributed by atoms with E-state index in [4.69, 9.17) is 4.43 Å². The molecule has 0 heterocycles. The molecule has 3 heteroatoms. The number of carbonyl (C=O) groups is 1. The molecule has 0 N–H and O–H groups in total. The first-order chi connectivity index (χ1) is 9.71. The highest BCUT2D eigenvalue weighted by Gasteiger charge is 2.37. The van der Waals surface area contributed by atoms with Crippen LogP contribution in [0, 0.1) is 5.92 Å². The van der Waals surface area contributed by atoms with Crippen molar-refractivity contribution in [3.8, 4) is 0 Å². The second-order valence-electron chi connectivity index (χ2n) is 7.75. The number of benzene rings is 1. The molecule has 0 saturated heterocycles. The summed E-state index contributed by atoms with van der Waals surface area (Å²) in [5.41, 5.74) is 2.14. The lowest BCUT2D eigenvalue weighted by Gasteiger charge is -2.36. The van der Waals surface area contributed by atoms with E-state index in [-0.39, 0.29) is 5.04 Å². The minimum atomic E-state index is -1.66. The fourth-order valence-corrected chi connectivity index (χ4v) is 3.69. The van der Waals surface area contributed by atoms with Gasteiger partial charge in [0.05, 0.1) is 0 Å². The number of fused-ring (bicyclic) bond motifs is 1. The molecule has 0 bridgehead atoms. The third-order valence-electron chi connectivity index (χ3n) is 5.10. The van der Waals surface area contributed by atoms with E-state index in [0.717, 1.165) is 25.0 Å². The zero-order valence-corrected chi connectivity index (χ0v) is 15.0. The normalized spacial score (nSPS) is 19.5. The van der Waals surface area contributed by atoms with Crippen molar-refractivity contribution in [2.24, 2.45) is 5.92 Å². The predicted octanol–water partition coefficient (Wildman–Crippen LogP) is 4.84. The Morgan fingerprint density at radius 2 is 1.86 bits per heavy atom. The molecular weight excluding hydrogens is 276 g/mol. The van der Waals surface area contributed by atoms with Gasteiger partial charge in [-0.3, -0.25) is 4.79 Å². The summed E-state index contributed by atoms with van der Waals surface area (Å²) in [6, 6.07) is 8.03. The highest BCUT2D eigenvalue weighted by Crippen LogP contribution is 2.37. The zero-order valence-electron chi connectivity index (χ0n) is 14.0. The molecule has 0 aromatic heterocycles. The van der Waals surface area contributed by atoms with Crippen molar-refractivity contribution in [2.45, 2.75) is 58.2 Å². The Morgan fingerprint density at radius 3 is 2.52 bits per heavy atom. The van der Waals surface area contributed by atoms with Gasteiger partial charge in [-0.2, -0.15) is 0 Å². The average Bonchev–Trinajstić information content (AvgIpc) is 2.37. The number of carbonyl (C=O) groups excluding carboxylic acids is 1. The van der Waals surface area contributed by atoms with Crippen LogP contribution in [-0.2, 0) is 10.8 Å². The fraction of sp³-hybridized carbons (Fsp3) is 0.611. The van der Waals surface area contributed by atoms with Crippen molar-refractivity contribution in [1.82, 2.24) is 0 Å². The van der Waals surface area contributed by atoms with Gasteiger partial charge in [-0.05, 0) is 42.5 Å². The topological polar surface area (TPSA) is 26.3 Å². The molecule has 2 nitrogen and oxygen atoms in total. The molecule has 1 unspecified atom stereocenters. The van der Waals surface area contributed by atoms with E-state index in [0.29, 0.717) is 18.1 Å². The summed E-state index contributed by atoms with van der Waals surface area (Å²) in [6.07, 6.45) is 2.69. The van der Waals surface area contributed by atoms with Crippen LogP contribution in [0.2, 0.25) is 18.1 Å². The second-order valence-corrected chi connectivity index (χ2v) is 12.6. The first kappa shape index (κ1) is 16.4. The SMILES string of the molecule is CC(C)(C)[Si](C)(C)OCCC1CC(=O)c2ccccc2C1. The van der Waals surface area contributed by atoms with Crippen LogP contribution in [0.1, 0.15) is 49.5 Å². The van der Waals surface area contributed by atoms with E-state index in [9.17, 15) is 4.79 Å². The first-order valence-corrected chi connectivity index (χ1v) is 10.9. The quantitative estimate of drug-likeness (QED) is 0.744. The summed E-state index contributed by atoms with van der Waals surface area (Å²) >= 11 is 0. The molecule has 116 valence electrons. The number of rotatable bonds is 4. The van der Waals surface area contributed by atoms with Gasteiger partial charge in [-0.1, -0.05) is 45.0 Å². The maximum atomic E-state index is 12.2. The first-order valence-electron chi connectivity index (χ1n) is 7.96. The van der Waals surface area contributed by atoms with Gasteiger partial charge in [0.2, 0.25) is 0 Å². The van der Waals surface area contributed by atoms with Crippen LogP contribution < -0.4 is 0 Å². The molecule has 1 aromatic carbocycles.